The third kappa shape index (κ3) is 3.17. The Balaban J connectivity index is 1.87. The van der Waals surface area contributed by atoms with E-state index in [1.54, 1.807) is 16.7 Å². The Hall–Kier alpha value is -1.31. The van der Waals surface area contributed by atoms with Crippen LogP contribution in [0.4, 0.5) is 4.79 Å². The van der Waals surface area contributed by atoms with Gasteiger partial charge >= 0.3 is 12.0 Å². The van der Waals surface area contributed by atoms with Crippen LogP contribution in [0, 0.1) is 5.92 Å². The molecule has 0 aromatic carbocycles. The Kier molecular flexibility index (Phi) is 3.71. The van der Waals surface area contributed by atoms with Crippen LogP contribution in [0.3, 0.4) is 0 Å². The standard InChI is InChI=1S/C11H18N2O5S/c1-8-7-19(17,18)3-2-13(8)11(16)12-5-9(6-12)4-10(14)15/h8-9H,2-7H2,1H3,(H,14,15). The molecule has 2 aliphatic rings. The maximum absolute atomic E-state index is 12.1. The summed E-state index contributed by atoms with van der Waals surface area (Å²) in [6.07, 6.45) is 0.0771. The topological polar surface area (TPSA) is 95.0 Å². The van der Waals surface area contributed by atoms with E-state index in [0.29, 0.717) is 13.1 Å². The first kappa shape index (κ1) is 14.1. The van der Waals surface area contributed by atoms with Crippen LogP contribution in [0.25, 0.3) is 0 Å². The summed E-state index contributed by atoms with van der Waals surface area (Å²) in [5, 5.41) is 8.64. The Morgan fingerprint density at radius 2 is 1.95 bits per heavy atom. The van der Waals surface area contributed by atoms with Gasteiger partial charge in [0, 0.05) is 31.6 Å². The fourth-order valence-corrected chi connectivity index (χ4v) is 4.12. The average molecular weight is 290 g/mol. The Morgan fingerprint density at radius 1 is 1.32 bits per heavy atom. The molecule has 1 N–H and O–H groups in total. The van der Waals surface area contributed by atoms with Crippen molar-refractivity contribution < 1.29 is 23.1 Å². The molecule has 0 bridgehead atoms. The molecule has 108 valence electrons. The van der Waals surface area contributed by atoms with Gasteiger partial charge in [0.25, 0.3) is 0 Å². The monoisotopic (exact) mass is 290 g/mol. The lowest BCUT2D eigenvalue weighted by atomic mass is 9.97. The summed E-state index contributed by atoms with van der Waals surface area (Å²) in [4.78, 5) is 25.8. The molecule has 0 spiro atoms. The molecular weight excluding hydrogens is 272 g/mol. The molecule has 2 fully saturated rings. The van der Waals surface area contributed by atoms with Gasteiger partial charge in [-0.15, -0.1) is 0 Å². The largest absolute Gasteiger partial charge is 0.481 e. The quantitative estimate of drug-likeness (QED) is 0.749. The summed E-state index contributed by atoms with van der Waals surface area (Å²) in [7, 11) is -3.03. The first-order valence-electron chi connectivity index (χ1n) is 6.26. The second-order valence-corrected chi connectivity index (χ2v) is 7.54. The predicted octanol–water partition coefficient (Wildman–Crippen LogP) is -0.368. The van der Waals surface area contributed by atoms with Gasteiger partial charge in [-0.25, -0.2) is 13.2 Å². The highest BCUT2D eigenvalue weighted by molar-refractivity contribution is 7.91. The molecule has 0 aromatic heterocycles. The van der Waals surface area contributed by atoms with E-state index in [0.717, 1.165) is 0 Å². The molecule has 0 radical (unpaired) electrons. The highest BCUT2D eigenvalue weighted by Gasteiger charge is 2.38. The molecule has 0 aromatic rings. The van der Waals surface area contributed by atoms with E-state index in [4.69, 9.17) is 5.11 Å². The molecule has 8 heteroatoms. The van der Waals surface area contributed by atoms with Crippen LogP contribution in [-0.4, -0.2) is 72.5 Å². The lowest BCUT2D eigenvalue weighted by Gasteiger charge is -2.44. The fraction of sp³-hybridized carbons (Fsp3) is 0.818. The maximum Gasteiger partial charge on any atom is 0.320 e. The van der Waals surface area contributed by atoms with Crippen molar-refractivity contribution >= 4 is 21.8 Å². The predicted molar refractivity (Wildman–Crippen MR) is 67.5 cm³/mol. The van der Waals surface area contributed by atoms with Gasteiger partial charge in [-0.05, 0) is 6.92 Å². The number of amides is 2. The van der Waals surface area contributed by atoms with Crippen LogP contribution < -0.4 is 0 Å². The molecule has 2 saturated heterocycles. The number of carboxylic acids is 1. The summed E-state index contributed by atoms with van der Waals surface area (Å²) in [5.74, 6) is -0.819. The van der Waals surface area contributed by atoms with Crippen molar-refractivity contribution in [2.45, 2.75) is 19.4 Å². The van der Waals surface area contributed by atoms with Crippen molar-refractivity contribution in [2.75, 3.05) is 31.1 Å². The number of urea groups is 1. The SMILES string of the molecule is CC1CS(=O)(=O)CCN1C(=O)N1CC(CC(=O)O)C1. The van der Waals surface area contributed by atoms with E-state index in [1.807, 2.05) is 0 Å². The van der Waals surface area contributed by atoms with Gasteiger partial charge in [0.15, 0.2) is 9.84 Å². The first-order valence-corrected chi connectivity index (χ1v) is 8.08. The molecule has 7 nitrogen and oxygen atoms in total. The van der Waals surface area contributed by atoms with Crippen LogP contribution in [0.2, 0.25) is 0 Å². The summed E-state index contributed by atoms with van der Waals surface area (Å²) >= 11 is 0. The minimum absolute atomic E-state index is 0.00509. The number of carboxylic acid groups (broad SMARTS) is 1. The van der Waals surface area contributed by atoms with Gasteiger partial charge in [0.2, 0.25) is 0 Å². The molecule has 1 atom stereocenters. The minimum atomic E-state index is -3.03. The normalized spacial score (nSPS) is 26.9. The lowest BCUT2D eigenvalue weighted by molar-refractivity contribution is -0.139. The van der Waals surface area contributed by atoms with Gasteiger partial charge in [-0.1, -0.05) is 0 Å². The average Bonchev–Trinajstić information content (AvgIpc) is 2.20. The molecule has 0 aliphatic carbocycles. The molecule has 2 amide bonds. The number of sulfone groups is 1. The van der Waals surface area contributed by atoms with Crippen LogP contribution >= 0.6 is 0 Å². The summed E-state index contributed by atoms with van der Waals surface area (Å²) < 4.78 is 22.9. The number of hydrogen-bond donors (Lipinski definition) is 1. The lowest BCUT2D eigenvalue weighted by Crippen LogP contribution is -2.60. The second-order valence-electron chi connectivity index (χ2n) is 5.31. The number of aliphatic carboxylic acids is 1. The van der Waals surface area contributed by atoms with Crippen molar-refractivity contribution in [1.82, 2.24) is 9.80 Å². The smallest absolute Gasteiger partial charge is 0.320 e. The summed E-state index contributed by atoms with van der Waals surface area (Å²) in [6, 6.07) is -0.492. The summed E-state index contributed by atoms with van der Waals surface area (Å²) in [5.41, 5.74) is 0. The minimum Gasteiger partial charge on any atom is -0.481 e. The third-order valence-electron chi connectivity index (χ3n) is 3.61. The fourth-order valence-electron chi connectivity index (χ4n) is 2.57. The zero-order chi connectivity index (χ0) is 14.2. The highest BCUT2D eigenvalue weighted by atomic mass is 32.2. The molecule has 0 saturated carbocycles. The van der Waals surface area contributed by atoms with Gasteiger partial charge in [0.1, 0.15) is 0 Å². The number of hydrogen-bond acceptors (Lipinski definition) is 4. The molecule has 1 unspecified atom stereocenters. The molecule has 2 rings (SSSR count). The maximum atomic E-state index is 12.1. The number of nitrogens with zero attached hydrogens (tertiary/aromatic N) is 2. The first-order chi connectivity index (χ1) is 8.78. The Morgan fingerprint density at radius 3 is 2.47 bits per heavy atom. The Labute approximate surface area is 112 Å². The number of carbonyl (C=O) groups is 2. The van der Waals surface area contributed by atoms with Crippen LogP contribution in [-0.2, 0) is 14.6 Å². The van der Waals surface area contributed by atoms with Gasteiger partial charge in [-0.3, -0.25) is 4.79 Å². The third-order valence-corrected chi connectivity index (χ3v) is 5.40. The number of carbonyl (C=O) groups excluding carboxylic acids is 1. The van der Waals surface area contributed by atoms with Crippen LogP contribution in [0.1, 0.15) is 13.3 Å². The van der Waals surface area contributed by atoms with Crippen molar-refractivity contribution in [3.05, 3.63) is 0 Å². The Bertz CT molecular complexity index is 483. The van der Waals surface area contributed by atoms with E-state index in [1.165, 1.54) is 0 Å². The van der Waals surface area contributed by atoms with Gasteiger partial charge < -0.3 is 14.9 Å². The molecule has 2 aliphatic heterocycles. The van der Waals surface area contributed by atoms with Crippen molar-refractivity contribution in [2.24, 2.45) is 5.92 Å². The molecular formula is C11H18N2O5S. The zero-order valence-corrected chi connectivity index (χ0v) is 11.6. The van der Waals surface area contributed by atoms with Crippen LogP contribution in [0.5, 0.6) is 0 Å². The zero-order valence-electron chi connectivity index (χ0n) is 10.8. The van der Waals surface area contributed by atoms with Crippen molar-refractivity contribution in [3.63, 3.8) is 0 Å². The molecule has 2 heterocycles. The second kappa shape index (κ2) is 4.99. The van der Waals surface area contributed by atoms with Gasteiger partial charge in [0.05, 0.1) is 17.9 Å². The van der Waals surface area contributed by atoms with E-state index in [-0.39, 0.29) is 42.5 Å². The van der Waals surface area contributed by atoms with E-state index in [2.05, 4.69) is 0 Å². The molecule has 19 heavy (non-hydrogen) atoms. The highest BCUT2D eigenvalue weighted by Crippen LogP contribution is 2.22. The van der Waals surface area contributed by atoms with Gasteiger partial charge in [-0.2, -0.15) is 0 Å². The van der Waals surface area contributed by atoms with E-state index >= 15 is 0 Å². The van der Waals surface area contributed by atoms with E-state index < -0.39 is 15.8 Å². The van der Waals surface area contributed by atoms with E-state index in [9.17, 15) is 18.0 Å². The van der Waals surface area contributed by atoms with Crippen LogP contribution in [0.15, 0.2) is 0 Å². The summed E-state index contributed by atoms with van der Waals surface area (Å²) in [6.45, 7) is 2.84. The number of rotatable bonds is 2. The van der Waals surface area contributed by atoms with Crippen molar-refractivity contribution in [1.29, 1.82) is 0 Å². The van der Waals surface area contributed by atoms with Crippen molar-refractivity contribution in [3.8, 4) is 0 Å². The number of likely N-dealkylation sites (tertiary alicyclic amines) is 1.